The van der Waals surface area contributed by atoms with Gasteiger partial charge in [0, 0.05) is 5.69 Å². The van der Waals surface area contributed by atoms with Crippen molar-refractivity contribution in [3.05, 3.63) is 59.8 Å². The molecule has 3 aromatic rings. The Bertz CT molecular complexity index is 746. The number of aromatic amines is 1. The normalized spacial score (nSPS) is 11.4. The predicted octanol–water partition coefficient (Wildman–Crippen LogP) is 2.37. The summed E-state index contributed by atoms with van der Waals surface area (Å²) in [5.41, 5.74) is 1.84. The monoisotopic (exact) mass is 297 g/mol. The number of tetrazole rings is 1. The summed E-state index contributed by atoms with van der Waals surface area (Å²) in [6, 6.07) is 9.16. The SMILES string of the molecule is CC(C)(c1ccc(NC(=O)c2ccoc2)cc1)c1nn[nH]n1. The van der Waals surface area contributed by atoms with Crippen molar-refractivity contribution < 1.29 is 9.21 Å². The van der Waals surface area contributed by atoms with Gasteiger partial charge in [-0.05, 0) is 37.6 Å². The smallest absolute Gasteiger partial charge is 0.258 e. The quantitative estimate of drug-likeness (QED) is 0.770. The molecule has 0 radical (unpaired) electrons. The van der Waals surface area contributed by atoms with Crippen LogP contribution in [0.5, 0.6) is 0 Å². The second-order valence-corrected chi connectivity index (χ2v) is 5.40. The summed E-state index contributed by atoms with van der Waals surface area (Å²) in [4.78, 5) is 11.9. The Morgan fingerprint density at radius 3 is 2.59 bits per heavy atom. The Kier molecular flexibility index (Phi) is 3.46. The first-order valence-electron chi connectivity index (χ1n) is 6.75. The number of H-pyrrole nitrogens is 1. The van der Waals surface area contributed by atoms with E-state index in [1.807, 2.05) is 38.1 Å². The van der Waals surface area contributed by atoms with Gasteiger partial charge >= 0.3 is 0 Å². The molecule has 112 valence electrons. The third-order valence-electron chi connectivity index (χ3n) is 3.55. The van der Waals surface area contributed by atoms with Crippen molar-refractivity contribution in [3.8, 4) is 0 Å². The van der Waals surface area contributed by atoms with Gasteiger partial charge in [-0.25, -0.2) is 0 Å². The number of amides is 1. The highest BCUT2D eigenvalue weighted by atomic mass is 16.3. The van der Waals surface area contributed by atoms with Crippen LogP contribution in [0, 0.1) is 0 Å². The number of carbonyl (C=O) groups is 1. The number of rotatable bonds is 4. The van der Waals surface area contributed by atoms with Crippen molar-refractivity contribution in [1.29, 1.82) is 0 Å². The summed E-state index contributed by atoms with van der Waals surface area (Å²) < 4.78 is 4.89. The number of anilines is 1. The van der Waals surface area contributed by atoms with Gasteiger partial charge in [0.2, 0.25) is 0 Å². The first-order valence-corrected chi connectivity index (χ1v) is 6.75. The average molecular weight is 297 g/mol. The van der Waals surface area contributed by atoms with Gasteiger partial charge in [-0.3, -0.25) is 4.79 Å². The van der Waals surface area contributed by atoms with E-state index < -0.39 is 0 Å². The summed E-state index contributed by atoms with van der Waals surface area (Å²) in [5.74, 6) is 0.404. The molecule has 22 heavy (non-hydrogen) atoms. The zero-order valence-corrected chi connectivity index (χ0v) is 12.2. The second kappa shape index (κ2) is 5.44. The molecule has 2 heterocycles. The van der Waals surface area contributed by atoms with Crippen molar-refractivity contribution >= 4 is 11.6 Å². The molecule has 0 saturated carbocycles. The van der Waals surface area contributed by atoms with Gasteiger partial charge in [-0.2, -0.15) is 5.21 Å². The molecule has 0 unspecified atom stereocenters. The number of hydrogen-bond donors (Lipinski definition) is 2. The van der Waals surface area contributed by atoms with E-state index in [1.54, 1.807) is 6.07 Å². The van der Waals surface area contributed by atoms with Crippen LogP contribution < -0.4 is 5.32 Å². The Morgan fingerprint density at radius 1 is 1.23 bits per heavy atom. The molecule has 0 bridgehead atoms. The van der Waals surface area contributed by atoms with Gasteiger partial charge < -0.3 is 9.73 Å². The standard InChI is InChI=1S/C15H15N5O2/c1-15(2,14-17-19-20-18-14)11-3-5-12(6-4-11)16-13(21)10-7-8-22-9-10/h3-9H,1-2H3,(H,16,21)(H,17,18,19,20). The van der Waals surface area contributed by atoms with Crippen LogP contribution in [0.2, 0.25) is 0 Å². The highest BCUT2D eigenvalue weighted by Gasteiger charge is 2.27. The third-order valence-corrected chi connectivity index (χ3v) is 3.55. The lowest BCUT2D eigenvalue weighted by molar-refractivity contribution is 0.102. The van der Waals surface area contributed by atoms with Crippen molar-refractivity contribution in [3.63, 3.8) is 0 Å². The van der Waals surface area contributed by atoms with Crippen LogP contribution in [0.1, 0.15) is 35.6 Å². The Labute approximate surface area is 126 Å². The second-order valence-electron chi connectivity index (χ2n) is 5.40. The van der Waals surface area contributed by atoms with Gasteiger partial charge in [0.25, 0.3) is 5.91 Å². The van der Waals surface area contributed by atoms with Crippen LogP contribution in [0.4, 0.5) is 5.69 Å². The maximum atomic E-state index is 11.9. The van der Waals surface area contributed by atoms with E-state index in [1.165, 1.54) is 12.5 Å². The van der Waals surface area contributed by atoms with Crippen molar-refractivity contribution in [2.75, 3.05) is 5.32 Å². The van der Waals surface area contributed by atoms with Crippen molar-refractivity contribution in [2.45, 2.75) is 19.3 Å². The molecule has 0 aliphatic rings. The lowest BCUT2D eigenvalue weighted by atomic mass is 9.84. The molecule has 0 fully saturated rings. The largest absolute Gasteiger partial charge is 0.472 e. The van der Waals surface area contributed by atoms with Crippen LogP contribution in [-0.2, 0) is 5.41 Å². The summed E-state index contributed by atoms with van der Waals surface area (Å²) in [5, 5.41) is 17.0. The van der Waals surface area contributed by atoms with Gasteiger partial charge in [0.05, 0.1) is 17.2 Å². The topological polar surface area (TPSA) is 96.7 Å². The summed E-state index contributed by atoms with van der Waals surface area (Å²) in [7, 11) is 0. The number of aromatic nitrogens is 4. The summed E-state index contributed by atoms with van der Waals surface area (Å²) >= 11 is 0. The molecule has 2 aromatic heterocycles. The Hall–Kier alpha value is -2.96. The Balaban J connectivity index is 1.77. The summed E-state index contributed by atoms with van der Waals surface area (Å²) in [6.45, 7) is 4.02. The molecule has 0 spiro atoms. The number of benzene rings is 1. The fraction of sp³-hybridized carbons (Fsp3) is 0.200. The van der Waals surface area contributed by atoms with E-state index in [0.29, 0.717) is 17.1 Å². The highest BCUT2D eigenvalue weighted by molar-refractivity contribution is 6.03. The fourth-order valence-electron chi connectivity index (χ4n) is 2.12. The van der Waals surface area contributed by atoms with Gasteiger partial charge in [0.1, 0.15) is 6.26 Å². The van der Waals surface area contributed by atoms with Gasteiger partial charge in [0.15, 0.2) is 5.82 Å². The van der Waals surface area contributed by atoms with Crippen LogP contribution in [0.25, 0.3) is 0 Å². The maximum Gasteiger partial charge on any atom is 0.258 e. The molecule has 1 amide bonds. The minimum absolute atomic E-state index is 0.209. The lowest BCUT2D eigenvalue weighted by Crippen LogP contribution is -2.21. The van der Waals surface area contributed by atoms with Crippen LogP contribution in [-0.4, -0.2) is 26.5 Å². The molecule has 0 aliphatic carbocycles. The molecular formula is C15H15N5O2. The molecule has 7 heteroatoms. The average Bonchev–Trinajstić information content (AvgIpc) is 3.21. The van der Waals surface area contributed by atoms with E-state index in [-0.39, 0.29) is 11.3 Å². The van der Waals surface area contributed by atoms with Gasteiger partial charge in [-0.15, -0.1) is 10.2 Å². The fourth-order valence-corrected chi connectivity index (χ4v) is 2.12. The number of hydrogen-bond acceptors (Lipinski definition) is 5. The molecular weight excluding hydrogens is 282 g/mol. The zero-order chi connectivity index (χ0) is 15.6. The zero-order valence-electron chi connectivity index (χ0n) is 12.2. The third kappa shape index (κ3) is 2.60. The number of furan rings is 1. The van der Waals surface area contributed by atoms with Crippen molar-refractivity contribution in [2.24, 2.45) is 0 Å². The van der Waals surface area contributed by atoms with Crippen molar-refractivity contribution in [1.82, 2.24) is 20.6 Å². The number of nitrogens with zero attached hydrogens (tertiary/aromatic N) is 3. The molecule has 2 N–H and O–H groups in total. The number of nitrogens with one attached hydrogen (secondary N) is 2. The van der Waals surface area contributed by atoms with E-state index >= 15 is 0 Å². The van der Waals surface area contributed by atoms with Crippen LogP contribution >= 0.6 is 0 Å². The molecule has 0 aliphatic heterocycles. The molecule has 3 rings (SSSR count). The van der Waals surface area contributed by atoms with E-state index in [0.717, 1.165) is 5.56 Å². The minimum atomic E-state index is -0.375. The van der Waals surface area contributed by atoms with Crippen LogP contribution in [0.3, 0.4) is 0 Å². The molecule has 7 nitrogen and oxygen atoms in total. The lowest BCUT2D eigenvalue weighted by Gasteiger charge is -2.21. The number of carbonyl (C=O) groups excluding carboxylic acids is 1. The van der Waals surface area contributed by atoms with E-state index in [2.05, 4.69) is 25.9 Å². The van der Waals surface area contributed by atoms with Crippen LogP contribution in [0.15, 0.2) is 47.3 Å². The minimum Gasteiger partial charge on any atom is -0.472 e. The maximum absolute atomic E-state index is 11.9. The van der Waals surface area contributed by atoms with Gasteiger partial charge in [-0.1, -0.05) is 17.3 Å². The van der Waals surface area contributed by atoms with E-state index in [4.69, 9.17) is 4.42 Å². The molecule has 0 atom stereocenters. The molecule has 1 aromatic carbocycles. The molecule has 0 saturated heterocycles. The predicted molar refractivity (Wildman–Crippen MR) is 79.4 cm³/mol. The van der Waals surface area contributed by atoms with E-state index in [9.17, 15) is 4.79 Å². The first-order chi connectivity index (χ1) is 10.6. The Morgan fingerprint density at radius 2 is 2.00 bits per heavy atom. The highest BCUT2D eigenvalue weighted by Crippen LogP contribution is 2.29. The summed E-state index contributed by atoms with van der Waals surface area (Å²) in [6.07, 6.45) is 2.87. The first kappa shape index (κ1) is 14.0.